The first kappa shape index (κ1) is 19.4. The van der Waals surface area contributed by atoms with Gasteiger partial charge < -0.3 is 14.2 Å². The number of fused-ring (bicyclic) bond motifs is 1. The molecule has 0 spiro atoms. The van der Waals surface area contributed by atoms with Crippen molar-refractivity contribution in [1.29, 1.82) is 0 Å². The van der Waals surface area contributed by atoms with E-state index in [0.29, 0.717) is 0 Å². The van der Waals surface area contributed by atoms with E-state index in [2.05, 4.69) is 14.8 Å². The zero-order valence-electron chi connectivity index (χ0n) is 14.4. The number of hydrogen-bond donors (Lipinski definition) is 0. The van der Waals surface area contributed by atoms with E-state index < -0.39 is 30.3 Å². The van der Waals surface area contributed by atoms with Crippen LogP contribution in [0, 0.1) is 5.82 Å². The molecule has 0 aliphatic rings. The van der Waals surface area contributed by atoms with Crippen LogP contribution < -0.4 is 9.47 Å². The van der Waals surface area contributed by atoms with Crippen LogP contribution in [0.25, 0.3) is 5.52 Å². The highest BCUT2D eigenvalue weighted by atomic mass is 19.4. The monoisotopic (exact) mass is 399 g/mol. The maximum Gasteiger partial charge on any atom is 0.422 e. The Morgan fingerprint density at radius 3 is 2.79 bits per heavy atom. The van der Waals surface area contributed by atoms with Gasteiger partial charge in [-0.2, -0.15) is 18.3 Å². The van der Waals surface area contributed by atoms with Crippen LogP contribution in [0.4, 0.5) is 17.6 Å². The number of halogens is 4. The predicted molar refractivity (Wildman–Crippen MR) is 87.0 cm³/mol. The molecule has 148 valence electrons. The van der Waals surface area contributed by atoms with E-state index in [0.717, 1.165) is 4.52 Å². The lowest BCUT2D eigenvalue weighted by Crippen LogP contribution is -2.19. The summed E-state index contributed by atoms with van der Waals surface area (Å²) in [4.78, 5) is 15.6. The second-order valence-electron chi connectivity index (χ2n) is 5.39. The fourth-order valence-electron chi connectivity index (χ4n) is 2.22. The van der Waals surface area contributed by atoms with E-state index in [1.165, 1.54) is 36.7 Å². The van der Waals surface area contributed by atoms with Gasteiger partial charge in [0, 0.05) is 18.5 Å². The standard InChI is InChI=1S/C17H13F4N3O4/c1-2-26-16(25)14-13(18)11-8-10(5-7-24(11)23-14)28-15-12(4-3-6-22-15)27-9-17(19,20)21/h3-8H,2,9H2,1H3. The van der Waals surface area contributed by atoms with E-state index >= 15 is 0 Å². The van der Waals surface area contributed by atoms with Crippen molar-refractivity contribution in [3.05, 3.63) is 48.2 Å². The zero-order chi connectivity index (χ0) is 20.3. The van der Waals surface area contributed by atoms with Crippen LogP contribution in [0.5, 0.6) is 17.4 Å². The van der Waals surface area contributed by atoms with Crippen molar-refractivity contribution >= 4 is 11.5 Å². The van der Waals surface area contributed by atoms with Crippen LogP contribution >= 0.6 is 0 Å². The van der Waals surface area contributed by atoms with Gasteiger partial charge >= 0.3 is 12.1 Å². The normalized spacial score (nSPS) is 11.5. The van der Waals surface area contributed by atoms with Crippen LogP contribution in [-0.2, 0) is 4.74 Å². The smallest absolute Gasteiger partial charge is 0.422 e. The minimum Gasteiger partial charge on any atom is -0.478 e. The zero-order valence-corrected chi connectivity index (χ0v) is 14.4. The minimum absolute atomic E-state index is 0.0530. The van der Waals surface area contributed by atoms with E-state index in [-0.39, 0.29) is 29.5 Å². The highest BCUT2D eigenvalue weighted by Crippen LogP contribution is 2.31. The van der Waals surface area contributed by atoms with Crippen molar-refractivity contribution in [3.8, 4) is 17.4 Å². The number of nitrogens with zero attached hydrogens (tertiary/aromatic N) is 3. The molecular weight excluding hydrogens is 386 g/mol. The molecule has 28 heavy (non-hydrogen) atoms. The maximum absolute atomic E-state index is 14.4. The van der Waals surface area contributed by atoms with Crippen molar-refractivity contribution in [1.82, 2.24) is 14.6 Å². The summed E-state index contributed by atoms with van der Waals surface area (Å²) in [5.41, 5.74) is -0.583. The van der Waals surface area contributed by atoms with Crippen molar-refractivity contribution in [2.45, 2.75) is 13.1 Å². The molecule has 3 aromatic heterocycles. The summed E-state index contributed by atoms with van der Waals surface area (Å²) < 4.78 is 67.5. The number of aromatic nitrogens is 3. The summed E-state index contributed by atoms with van der Waals surface area (Å²) in [5, 5.41) is 3.80. The van der Waals surface area contributed by atoms with Gasteiger partial charge in [-0.1, -0.05) is 0 Å². The molecule has 0 fully saturated rings. The summed E-state index contributed by atoms with van der Waals surface area (Å²) >= 11 is 0. The third-order valence-electron chi connectivity index (χ3n) is 3.36. The molecule has 0 bridgehead atoms. The van der Waals surface area contributed by atoms with Gasteiger partial charge in [0.2, 0.25) is 5.69 Å². The molecule has 0 saturated heterocycles. The number of carbonyl (C=O) groups excluding carboxylic acids is 1. The van der Waals surface area contributed by atoms with Gasteiger partial charge in [0.1, 0.15) is 11.3 Å². The molecule has 0 aromatic carbocycles. The topological polar surface area (TPSA) is 75.0 Å². The van der Waals surface area contributed by atoms with E-state index in [4.69, 9.17) is 9.47 Å². The molecule has 0 atom stereocenters. The Morgan fingerprint density at radius 1 is 1.29 bits per heavy atom. The van der Waals surface area contributed by atoms with Crippen LogP contribution in [-0.4, -0.2) is 40.0 Å². The molecule has 0 amide bonds. The van der Waals surface area contributed by atoms with Gasteiger partial charge in [-0.15, -0.1) is 0 Å². The maximum atomic E-state index is 14.4. The van der Waals surface area contributed by atoms with Gasteiger partial charge in [0.05, 0.1) is 6.61 Å². The summed E-state index contributed by atoms with van der Waals surface area (Å²) in [6, 6.07) is 5.22. The molecule has 11 heteroatoms. The average Bonchev–Trinajstić information content (AvgIpc) is 2.97. The van der Waals surface area contributed by atoms with Gasteiger partial charge in [-0.05, 0) is 25.1 Å². The highest BCUT2D eigenvalue weighted by molar-refractivity contribution is 5.89. The average molecular weight is 399 g/mol. The lowest BCUT2D eigenvalue weighted by molar-refractivity contribution is -0.153. The summed E-state index contributed by atoms with van der Waals surface area (Å²) in [5.74, 6) is -2.25. The fourth-order valence-corrected chi connectivity index (χ4v) is 2.22. The number of alkyl halides is 3. The first-order valence-electron chi connectivity index (χ1n) is 7.96. The number of esters is 1. The molecule has 3 heterocycles. The van der Waals surface area contributed by atoms with Gasteiger partial charge in [-0.3, -0.25) is 0 Å². The van der Waals surface area contributed by atoms with Crippen molar-refractivity contribution in [2.24, 2.45) is 0 Å². The molecular formula is C17H13F4N3O4. The Hall–Kier alpha value is -3.37. The Kier molecular flexibility index (Phi) is 5.34. The summed E-state index contributed by atoms with van der Waals surface area (Å²) in [6.45, 7) is 0.109. The number of carbonyl (C=O) groups is 1. The second kappa shape index (κ2) is 7.71. The van der Waals surface area contributed by atoms with Crippen molar-refractivity contribution < 1.29 is 36.6 Å². The van der Waals surface area contributed by atoms with Crippen LogP contribution in [0.15, 0.2) is 36.7 Å². The molecule has 0 radical (unpaired) electrons. The summed E-state index contributed by atoms with van der Waals surface area (Å²) in [6.07, 6.45) is -1.92. The highest BCUT2D eigenvalue weighted by Gasteiger charge is 2.29. The molecule has 0 saturated carbocycles. The van der Waals surface area contributed by atoms with Gasteiger partial charge in [-0.25, -0.2) is 18.7 Å². The molecule has 0 aliphatic carbocycles. The molecule has 3 rings (SSSR count). The van der Waals surface area contributed by atoms with E-state index in [1.807, 2.05) is 0 Å². The first-order chi connectivity index (χ1) is 13.3. The molecule has 0 aliphatic heterocycles. The number of rotatable bonds is 6. The predicted octanol–water partition coefficient (Wildman–Crippen LogP) is 3.78. The van der Waals surface area contributed by atoms with Gasteiger partial charge in [0.15, 0.2) is 18.2 Å². The second-order valence-corrected chi connectivity index (χ2v) is 5.39. The molecule has 7 nitrogen and oxygen atoms in total. The Bertz CT molecular complexity index is 1000. The molecule has 3 aromatic rings. The number of ether oxygens (including phenoxy) is 3. The Morgan fingerprint density at radius 2 is 2.07 bits per heavy atom. The van der Waals surface area contributed by atoms with Gasteiger partial charge in [0.25, 0.3) is 5.88 Å². The number of hydrogen-bond acceptors (Lipinski definition) is 6. The largest absolute Gasteiger partial charge is 0.478 e. The van der Waals surface area contributed by atoms with Crippen LogP contribution in [0.3, 0.4) is 0 Å². The molecule has 0 N–H and O–H groups in total. The fraction of sp³-hybridized carbons (Fsp3) is 0.235. The van der Waals surface area contributed by atoms with Crippen LogP contribution in [0.1, 0.15) is 17.4 Å². The Balaban J connectivity index is 1.87. The van der Waals surface area contributed by atoms with E-state index in [1.54, 1.807) is 6.92 Å². The van der Waals surface area contributed by atoms with Crippen LogP contribution in [0.2, 0.25) is 0 Å². The minimum atomic E-state index is -4.53. The van der Waals surface area contributed by atoms with Crippen molar-refractivity contribution in [3.63, 3.8) is 0 Å². The third-order valence-corrected chi connectivity index (χ3v) is 3.36. The first-order valence-corrected chi connectivity index (χ1v) is 7.96. The third kappa shape index (κ3) is 4.30. The van der Waals surface area contributed by atoms with E-state index in [9.17, 15) is 22.4 Å². The lowest BCUT2D eigenvalue weighted by atomic mass is 10.3. The number of pyridine rings is 2. The van der Waals surface area contributed by atoms with Crippen molar-refractivity contribution in [2.75, 3.05) is 13.2 Å². The molecule has 0 unspecified atom stereocenters. The Labute approximate surface area is 155 Å². The SMILES string of the molecule is CCOC(=O)c1nn2ccc(Oc3ncccc3OCC(F)(F)F)cc2c1F. The lowest BCUT2D eigenvalue weighted by Gasteiger charge is -2.12. The summed E-state index contributed by atoms with van der Waals surface area (Å²) in [7, 11) is 0. The quantitative estimate of drug-likeness (QED) is 0.464.